The summed E-state index contributed by atoms with van der Waals surface area (Å²) in [5, 5.41) is 16.4. The van der Waals surface area contributed by atoms with Gasteiger partial charge in [0.25, 0.3) is 0 Å². The number of H-pyrrole nitrogens is 1. The zero-order valence-electron chi connectivity index (χ0n) is 13.8. The van der Waals surface area contributed by atoms with Crippen molar-refractivity contribution in [2.75, 3.05) is 5.32 Å². The first-order chi connectivity index (χ1) is 12.0. The second-order valence-corrected chi connectivity index (χ2v) is 6.46. The van der Waals surface area contributed by atoms with Gasteiger partial charge in [-0.05, 0) is 53.3 Å². The maximum absolute atomic E-state index is 13.2. The van der Waals surface area contributed by atoms with Crippen LogP contribution in [0.4, 0.5) is 10.3 Å². The molecule has 1 saturated carbocycles. The van der Waals surface area contributed by atoms with Gasteiger partial charge < -0.3 is 5.21 Å². The van der Waals surface area contributed by atoms with E-state index in [1.807, 2.05) is 13.0 Å². The Kier molecular flexibility index (Phi) is 3.45. The lowest BCUT2D eigenvalue weighted by atomic mass is 10.1. The van der Waals surface area contributed by atoms with Crippen LogP contribution in [0, 0.1) is 10.7 Å². The molecule has 25 heavy (non-hydrogen) atoms. The first kappa shape index (κ1) is 15.6. The number of rotatable bonds is 4. The largest absolute Gasteiger partial charge is 0.450 e. The molecule has 6 nitrogen and oxygen atoms in total. The fourth-order valence-corrected chi connectivity index (χ4v) is 3.14. The number of aromatic amines is 1. The summed E-state index contributed by atoms with van der Waals surface area (Å²) in [5.41, 5.74) is 2.29. The van der Waals surface area contributed by atoms with E-state index in [9.17, 15) is 14.5 Å². The molecule has 0 aliphatic heterocycles. The molecule has 1 aliphatic carbocycles. The number of nitrogens with one attached hydrogen (secondary N) is 2. The summed E-state index contributed by atoms with van der Waals surface area (Å²) in [6.45, 7) is 2.00. The number of nitrogens with zero attached hydrogens (tertiary/aromatic N) is 2. The molecule has 1 aromatic heterocycles. The normalized spacial score (nSPS) is 15.3. The van der Waals surface area contributed by atoms with Crippen molar-refractivity contribution in [3.05, 3.63) is 64.3 Å². The van der Waals surface area contributed by atoms with Crippen LogP contribution in [0.1, 0.15) is 30.9 Å². The first-order valence-electron chi connectivity index (χ1n) is 8.29. The molecule has 0 bridgehead atoms. The molecule has 2 aromatic carbocycles. The third-order valence-corrected chi connectivity index (χ3v) is 4.82. The molecule has 1 heterocycles. The Morgan fingerprint density at radius 1 is 1.20 bits per heavy atom. The van der Waals surface area contributed by atoms with Gasteiger partial charge in [-0.2, -0.15) is 0 Å². The zero-order valence-corrected chi connectivity index (χ0v) is 13.8. The fourth-order valence-electron chi connectivity index (χ4n) is 3.14. The van der Waals surface area contributed by atoms with E-state index >= 15 is 0 Å². The van der Waals surface area contributed by atoms with Gasteiger partial charge >= 0.3 is 11.5 Å². The van der Waals surface area contributed by atoms with Crippen LogP contribution in [0.25, 0.3) is 11.0 Å². The Morgan fingerprint density at radius 2 is 1.92 bits per heavy atom. The molecule has 4 rings (SSSR count). The van der Waals surface area contributed by atoms with Crippen molar-refractivity contribution in [3.63, 3.8) is 0 Å². The van der Waals surface area contributed by atoms with Crippen molar-refractivity contribution in [2.45, 2.75) is 31.7 Å². The summed E-state index contributed by atoms with van der Waals surface area (Å²) in [6.07, 6.45) is 2.46. The molecule has 3 aromatic rings. The predicted molar refractivity (Wildman–Crippen MR) is 89.4 cm³/mol. The smallest absolute Gasteiger partial charge is 0.371 e. The standard InChI is InChI=1S/C18H18FN4O2/c1-2-12-3-8-15-16(11-12)23(25)21-17(22(15)24)20-18(9-10-18)13-4-6-14(19)7-5-13/h3-8,11,24H,2,9-10H2,1H3,(H,20,21,25)/q+1/p+1. The molecule has 0 unspecified atom stereocenters. The third kappa shape index (κ3) is 2.61. The number of hydrogen-bond acceptors (Lipinski definition) is 3. The molecule has 0 amide bonds. The van der Waals surface area contributed by atoms with E-state index in [0.717, 1.165) is 35.1 Å². The molecular weight excluding hydrogens is 323 g/mol. The number of aromatic nitrogens is 3. The highest BCUT2D eigenvalue weighted by atomic mass is 19.1. The van der Waals surface area contributed by atoms with Crippen molar-refractivity contribution in [3.8, 4) is 0 Å². The van der Waals surface area contributed by atoms with Crippen LogP contribution < -0.4 is 14.6 Å². The second kappa shape index (κ2) is 5.54. The first-order valence-corrected chi connectivity index (χ1v) is 8.29. The lowest BCUT2D eigenvalue weighted by Crippen LogP contribution is -2.44. The van der Waals surface area contributed by atoms with Gasteiger partial charge in [-0.15, -0.1) is 0 Å². The Labute approximate surface area is 143 Å². The van der Waals surface area contributed by atoms with Crippen LogP contribution >= 0.6 is 0 Å². The van der Waals surface area contributed by atoms with E-state index in [2.05, 4.69) is 10.4 Å². The van der Waals surface area contributed by atoms with Gasteiger partial charge in [0, 0.05) is 11.2 Å². The number of aryl methyl sites for hydroxylation is 1. The summed E-state index contributed by atoms with van der Waals surface area (Å²) in [5.74, 6) is -0.105. The van der Waals surface area contributed by atoms with Crippen LogP contribution in [0.3, 0.4) is 0 Å². The Balaban J connectivity index is 1.76. The van der Waals surface area contributed by atoms with E-state index < -0.39 is 5.54 Å². The van der Waals surface area contributed by atoms with Gasteiger partial charge in [0.1, 0.15) is 11.4 Å². The zero-order chi connectivity index (χ0) is 17.6. The van der Waals surface area contributed by atoms with Crippen molar-refractivity contribution in [1.82, 2.24) is 5.10 Å². The maximum atomic E-state index is 13.2. The Morgan fingerprint density at radius 3 is 2.56 bits per heavy atom. The molecule has 1 fully saturated rings. The lowest BCUT2D eigenvalue weighted by Gasteiger charge is -2.13. The number of hydrogen-bond donors (Lipinski definition) is 3. The van der Waals surface area contributed by atoms with E-state index in [4.69, 9.17) is 0 Å². The second-order valence-electron chi connectivity index (χ2n) is 6.46. The van der Waals surface area contributed by atoms with Crippen molar-refractivity contribution in [1.29, 1.82) is 0 Å². The fraction of sp³-hybridized carbons (Fsp3) is 0.278. The highest BCUT2D eigenvalue weighted by Crippen LogP contribution is 2.47. The highest BCUT2D eigenvalue weighted by Gasteiger charge is 2.49. The lowest BCUT2D eigenvalue weighted by molar-refractivity contribution is -0.881. The predicted octanol–water partition coefficient (Wildman–Crippen LogP) is 2.41. The van der Waals surface area contributed by atoms with Crippen LogP contribution in [-0.4, -0.2) is 10.3 Å². The number of anilines is 1. The summed E-state index contributed by atoms with van der Waals surface area (Å²) in [6, 6.07) is 11.6. The van der Waals surface area contributed by atoms with Crippen molar-refractivity contribution in [2.24, 2.45) is 0 Å². The van der Waals surface area contributed by atoms with Gasteiger partial charge in [0.05, 0.1) is 4.91 Å². The number of benzene rings is 2. The molecule has 0 radical (unpaired) electrons. The van der Waals surface area contributed by atoms with Crippen molar-refractivity contribution < 1.29 is 18.9 Å². The molecule has 7 heteroatoms. The van der Waals surface area contributed by atoms with Crippen LogP contribution in [0.2, 0.25) is 0 Å². The van der Waals surface area contributed by atoms with E-state index in [0.29, 0.717) is 15.6 Å². The van der Waals surface area contributed by atoms with Gasteiger partial charge in [-0.1, -0.05) is 25.1 Å². The topological polar surface area (TPSA) is 74.9 Å². The molecule has 0 saturated heterocycles. The van der Waals surface area contributed by atoms with Gasteiger partial charge in [0.2, 0.25) is 10.1 Å². The van der Waals surface area contributed by atoms with Crippen LogP contribution in [-0.2, 0) is 12.0 Å². The Hall–Kier alpha value is -2.96. The van der Waals surface area contributed by atoms with E-state index in [-0.39, 0.29) is 11.8 Å². The van der Waals surface area contributed by atoms with E-state index in [1.165, 1.54) is 12.1 Å². The molecule has 0 spiro atoms. The van der Waals surface area contributed by atoms with Crippen molar-refractivity contribution >= 4 is 17.0 Å². The molecule has 128 valence electrons. The minimum Gasteiger partial charge on any atom is -0.371 e. The number of halogens is 1. The molecular formula is C18H19FN4O2+2. The number of fused-ring (bicyclic) bond motifs is 1. The summed E-state index contributed by atoms with van der Waals surface area (Å²) in [7, 11) is 0. The quantitative estimate of drug-likeness (QED) is 0.503. The highest BCUT2D eigenvalue weighted by molar-refractivity contribution is 5.68. The summed E-state index contributed by atoms with van der Waals surface area (Å²) in [4.78, 5) is 12.4. The van der Waals surface area contributed by atoms with Gasteiger partial charge in [0.15, 0.2) is 0 Å². The summed E-state index contributed by atoms with van der Waals surface area (Å²) >= 11 is 0. The minimum absolute atomic E-state index is 0.188. The maximum Gasteiger partial charge on any atom is 0.450 e. The van der Waals surface area contributed by atoms with Crippen LogP contribution in [0.5, 0.6) is 0 Å². The minimum atomic E-state index is -0.404. The third-order valence-electron chi connectivity index (χ3n) is 4.82. The summed E-state index contributed by atoms with van der Waals surface area (Å²) < 4.78 is 14.8. The monoisotopic (exact) mass is 342 g/mol. The molecule has 0 atom stereocenters. The average Bonchev–Trinajstić information content (AvgIpc) is 3.40. The SMILES string of the molecule is CCc1ccc2c(c1)[n+](=O)[nH]c(NC1(c3ccc(F)cc3)CC1)[n+]2O. The average molecular weight is 342 g/mol. The molecule has 1 aliphatic rings. The van der Waals surface area contributed by atoms with Gasteiger partial charge in [-0.25, -0.2) is 4.39 Å². The van der Waals surface area contributed by atoms with Gasteiger partial charge in [-0.3, -0.25) is 5.32 Å². The Bertz CT molecular complexity index is 1010. The molecule has 3 N–H and O–H groups in total. The van der Waals surface area contributed by atoms with Crippen LogP contribution in [0.15, 0.2) is 42.5 Å². The van der Waals surface area contributed by atoms with E-state index in [1.54, 1.807) is 24.3 Å².